The smallest absolute Gasteiger partial charge is 0.225 e. The molecule has 2 saturated heterocycles. The zero-order valence-electron chi connectivity index (χ0n) is 15.1. The Bertz CT molecular complexity index is 734. The van der Waals surface area contributed by atoms with Gasteiger partial charge in [-0.15, -0.1) is 24.8 Å². The second kappa shape index (κ2) is 9.89. The van der Waals surface area contributed by atoms with Crippen molar-refractivity contribution >= 4 is 42.4 Å². The molecule has 0 saturated carbocycles. The van der Waals surface area contributed by atoms with Crippen LogP contribution in [-0.4, -0.2) is 49.4 Å². The number of nitrogens with zero attached hydrogens (tertiary/aromatic N) is 3. The Hall–Kier alpha value is -1.11. The lowest BCUT2D eigenvalue weighted by molar-refractivity contribution is 0.122. The number of morpholine rings is 1. The van der Waals surface area contributed by atoms with Crippen molar-refractivity contribution in [2.24, 2.45) is 0 Å². The van der Waals surface area contributed by atoms with Gasteiger partial charge >= 0.3 is 0 Å². The highest BCUT2D eigenvalue weighted by molar-refractivity contribution is 6.31. The summed E-state index contributed by atoms with van der Waals surface area (Å²) in [4.78, 5) is 11.7. The maximum atomic E-state index is 6.59. The molecule has 1 aromatic heterocycles. The molecule has 0 aliphatic carbocycles. The average molecular weight is 432 g/mol. The third kappa shape index (κ3) is 4.49. The van der Waals surface area contributed by atoms with Crippen molar-refractivity contribution in [1.29, 1.82) is 0 Å². The van der Waals surface area contributed by atoms with Gasteiger partial charge in [-0.1, -0.05) is 29.8 Å². The molecule has 0 atom stereocenters. The Balaban J connectivity index is 0.00000131. The van der Waals surface area contributed by atoms with E-state index < -0.39 is 0 Å². The molecule has 2 aliphatic rings. The lowest BCUT2D eigenvalue weighted by atomic mass is 9.70. The third-order valence-corrected chi connectivity index (χ3v) is 5.60. The number of hydrogen-bond donors (Lipinski definition) is 1. The van der Waals surface area contributed by atoms with E-state index in [0.29, 0.717) is 0 Å². The Morgan fingerprint density at radius 1 is 1.04 bits per heavy atom. The fourth-order valence-corrected chi connectivity index (χ4v) is 4.21. The summed E-state index contributed by atoms with van der Waals surface area (Å²) in [5, 5.41) is 4.28. The van der Waals surface area contributed by atoms with Gasteiger partial charge in [-0.25, -0.2) is 9.97 Å². The molecule has 2 aliphatic heterocycles. The fraction of sp³-hybridized carbons (Fsp3) is 0.474. The molecule has 0 spiro atoms. The summed E-state index contributed by atoms with van der Waals surface area (Å²) in [7, 11) is 0. The minimum atomic E-state index is -0.159. The normalized spacial score (nSPS) is 18.9. The van der Waals surface area contributed by atoms with Crippen LogP contribution < -0.4 is 10.2 Å². The van der Waals surface area contributed by atoms with Gasteiger partial charge in [0.05, 0.1) is 18.9 Å². The van der Waals surface area contributed by atoms with Crippen LogP contribution in [0.3, 0.4) is 0 Å². The number of anilines is 1. The number of aromatic nitrogens is 2. The second-order valence-electron chi connectivity index (χ2n) is 6.65. The molecule has 0 bridgehead atoms. The second-order valence-corrected chi connectivity index (χ2v) is 7.06. The van der Waals surface area contributed by atoms with Crippen molar-refractivity contribution in [3.8, 4) is 0 Å². The average Bonchev–Trinajstić information content (AvgIpc) is 2.70. The SMILES string of the molecule is Cl.Cl.Clc1ccccc1C1(c2ccnc(N3CCOCC3)n2)CCNCC1. The molecular formula is C19H25Cl3N4O. The molecule has 4 rings (SSSR count). The van der Waals surface area contributed by atoms with Gasteiger partial charge in [0.25, 0.3) is 0 Å². The van der Waals surface area contributed by atoms with Gasteiger partial charge in [0.15, 0.2) is 0 Å². The molecular weight excluding hydrogens is 407 g/mol. The minimum absolute atomic E-state index is 0. The summed E-state index contributed by atoms with van der Waals surface area (Å²) in [6.45, 7) is 5.05. The summed E-state index contributed by atoms with van der Waals surface area (Å²) in [5.74, 6) is 0.797. The molecule has 0 amide bonds. The standard InChI is InChI=1S/C19H23ClN4O.2ClH/c20-16-4-2-1-3-15(16)19(6-9-21-10-7-19)17-5-8-22-18(23-17)24-11-13-25-14-12-24;;/h1-5,8,21H,6-7,9-14H2;2*1H. The van der Waals surface area contributed by atoms with Gasteiger partial charge in [0, 0.05) is 29.7 Å². The molecule has 148 valence electrons. The first kappa shape index (κ1) is 22.2. The summed E-state index contributed by atoms with van der Waals surface area (Å²) in [6, 6.07) is 10.2. The van der Waals surface area contributed by atoms with Gasteiger partial charge in [-0.3, -0.25) is 0 Å². The lowest BCUT2D eigenvalue weighted by Gasteiger charge is -2.39. The predicted octanol–water partition coefficient (Wildman–Crippen LogP) is 3.48. The number of hydrogen-bond acceptors (Lipinski definition) is 5. The Morgan fingerprint density at radius 3 is 2.44 bits per heavy atom. The number of piperidine rings is 1. The van der Waals surface area contributed by atoms with E-state index in [1.54, 1.807) is 0 Å². The Labute approximate surface area is 177 Å². The highest BCUT2D eigenvalue weighted by Gasteiger charge is 2.39. The van der Waals surface area contributed by atoms with Crippen molar-refractivity contribution in [2.75, 3.05) is 44.3 Å². The van der Waals surface area contributed by atoms with Crippen LogP contribution in [-0.2, 0) is 10.2 Å². The van der Waals surface area contributed by atoms with Gasteiger partial charge < -0.3 is 15.0 Å². The fourth-order valence-electron chi connectivity index (χ4n) is 3.90. The monoisotopic (exact) mass is 430 g/mol. The van der Waals surface area contributed by atoms with Crippen LogP contribution in [0.25, 0.3) is 0 Å². The van der Waals surface area contributed by atoms with Gasteiger partial charge in [-0.2, -0.15) is 0 Å². The van der Waals surface area contributed by atoms with Gasteiger partial charge in [-0.05, 0) is 43.6 Å². The lowest BCUT2D eigenvalue weighted by Crippen LogP contribution is -2.42. The first-order valence-corrected chi connectivity index (χ1v) is 9.29. The zero-order valence-corrected chi connectivity index (χ0v) is 17.5. The van der Waals surface area contributed by atoms with Crippen LogP contribution in [0.2, 0.25) is 5.02 Å². The Morgan fingerprint density at radius 2 is 1.74 bits per heavy atom. The van der Waals surface area contributed by atoms with Crippen LogP contribution in [0.1, 0.15) is 24.1 Å². The van der Waals surface area contributed by atoms with E-state index in [2.05, 4.69) is 33.4 Å². The van der Waals surface area contributed by atoms with Crippen molar-refractivity contribution in [1.82, 2.24) is 15.3 Å². The van der Waals surface area contributed by atoms with Crippen LogP contribution in [0.4, 0.5) is 5.95 Å². The van der Waals surface area contributed by atoms with E-state index >= 15 is 0 Å². The number of rotatable bonds is 3. The third-order valence-electron chi connectivity index (χ3n) is 5.27. The van der Waals surface area contributed by atoms with E-state index in [4.69, 9.17) is 21.3 Å². The maximum Gasteiger partial charge on any atom is 0.225 e. The molecule has 27 heavy (non-hydrogen) atoms. The molecule has 5 nitrogen and oxygen atoms in total. The number of nitrogens with one attached hydrogen (secondary N) is 1. The minimum Gasteiger partial charge on any atom is -0.378 e. The topological polar surface area (TPSA) is 50.3 Å². The van der Waals surface area contributed by atoms with Crippen molar-refractivity contribution in [3.63, 3.8) is 0 Å². The van der Waals surface area contributed by atoms with E-state index in [9.17, 15) is 0 Å². The van der Waals surface area contributed by atoms with Gasteiger partial charge in [0.2, 0.25) is 5.95 Å². The predicted molar refractivity (Wildman–Crippen MR) is 114 cm³/mol. The molecule has 0 radical (unpaired) electrons. The summed E-state index contributed by atoms with van der Waals surface area (Å²) >= 11 is 6.59. The van der Waals surface area contributed by atoms with Crippen molar-refractivity contribution in [2.45, 2.75) is 18.3 Å². The van der Waals surface area contributed by atoms with Crippen LogP contribution in [0.15, 0.2) is 36.5 Å². The summed E-state index contributed by atoms with van der Waals surface area (Å²) in [6.07, 6.45) is 3.85. The Kier molecular flexibility index (Phi) is 8.13. The highest BCUT2D eigenvalue weighted by Crippen LogP contribution is 2.42. The summed E-state index contributed by atoms with van der Waals surface area (Å²) in [5.41, 5.74) is 2.08. The quantitative estimate of drug-likeness (QED) is 0.806. The first-order chi connectivity index (χ1) is 12.3. The molecule has 8 heteroatoms. The first-order valence-electron chi connectivity index (χ1n) is 8.91. The number of benzene rings is 1. The highest BCUT2D eigenvalue weighted by atomic mass is 35.5. The largest absolute Gasteiger partial charge is 0.378 e. The van der Waals surface area contributed by atoms with Crippen LogP contribution in [0.5, 0.6) is 0 Å². The van der Waals surface area contributed by atoms with E-state index in [1.807, 2.05) is 18.3 Å². The van der Waals surface area contributed by atoms with E-state index in [1.165, 1.54) is 5.56 Å². The van der Waals surface area contributed by atoms with Crippen molar-refractivity contribution in [3.05, 3.63) is 52.8 Å². The van der Waals surface area contributed by atoms with Crippen LogP contribution in [0, 0.1) is 0 Å². The van der Waals surface area contributed by atoms with Crippen molar-refractivity contribution < 1.29 is 4.74 Å². The van der Waals surface area contributed by atoms with E-state index in [0.717, 1.165) is 68.9 Å². The molecule has 1 aromatic carbocycles. The summed E-state index contributed by atoms with van der Waals surface area (Å²) < 4.78 is 5.45. The van der Waals surface area contributed by atoms with Gasteiger partial charge in [0.1, 0.15) is 0 Å². The van der Waals surface area contributed by atoms with Crippen LogP contribution >= 0.6 is 36.4 Å². The molecule has 2 aromatic rings. The number of ether oxygens (including phenoxy) is 1. The van der Waals surface area contributed by atoms with E-state index in [-0.39, 0.29) is 30.2 Å². The maximum absolute atomic E-state index is 6.59. The molecule has 1 N–H and O–H groups in total. The molecule has 2 fully saturated rings. The molecule has 0 unspecified atom stereocenters. The number of halogens is 3. The zero-order chi connectivity index (χ0) is 17.1. The molecule has 3 heterocycles.